The fraction of sp³-hybridized carbons (Fsp3) is 0.552. The van der Waals surface area contributed by atoms with Gasteiger partial charge in [-0.2, -0.15) is 5.10 Å². The summed E-state index contributed by atoms with van der Waals surface area (Å²) in [4.78, 5) is 0. The second-order valence-corrected chi connectivity index (χ2v) is 12.5. The molecule has 0 spiro atoms. The van der Waals surface area contributed by atoms with Gasteiger partial charge in [0.25, 0.3) is 0 Å². The molecule has 1 aliphatic heterocycles. The van der Waals surface area contributed by atoms with E-state index < -0.39 is 0 Å². The molecule has 0 saturated carbocycles. The van der Waals surface area contributed by atoms with Gasteiger partial charge in [0.05, 0.1) is 6.21 Å². The Morgan fingerprint density at radius 2 is 1.76 bits per heavy atom. The molecule has 1 saturated heterocycles. The highest BCUT2D eigenvalue weighted by Crippen LogP contribution is 2.49. The Morgan fingerprint density at radius 1 is 1.06 bits per heavy atom. The van der Waals surface area contributed by atoms with Crippen molar-refractivity contribution in [2.45, 2.75) is 77.8 Å². The van der Waals surface area contributed by atoms with Crippen molar-refractivity contribution < 1.29 is 9.47 Å². The van der Waals surface area contributed by atoms with E-state index in [9.17, 15) is 0 Å². The van der Waals surface area contributed by atoms with Gasteiger partial charge < -0.3 is 9.47 Å². The van der Waals surface area contributed by atoms with Crippen molar-refractivity contribution in [2.24, 2.45) is 5.10 Å². The first-order valence-electron chi connectivity index (χ1n) is 12.6. The average molecular weight is 483 g/mol. The predicted octanol–water partition coefficient (Wildman–Crippen LogP) is 6.72. The number of piperidine rings is 1. The first kappa shape index (κ1) is 26.7. The van der Waals surface area contributed by atoms with Crippen LogP contribution in [0.15, 0.2) is 41.5 Å². The fourth-order valence-corrected chi connectivity index (χ4v) is 5.99. The van der Waals surface area contributed by atoms with E-state index in [4.69, 9.17) is 14.6 Å². The largest absolute Gasteiger partial charge is 0.467 e. The summed E-state index contributed by atoms with van der Waals surface area (Å²) >= 11 is 0. The molecule has 0 bridgehead atoms. The van der Waals surface area contributed by atoms with E-state index in [2.05, 4.69) is 89.2 Å². The molecule has 0 aromatic heterocycles. The fourth-order valence-electron chi connectivity index (χ4n) is 4.43. The van der Waals surface area contributed by atoms with E-state index in [0.717, 1.165) is 25.3 Å². The number of ether oxygens (including phenoxy) is 2. The molecule has 2 aromatic rings. The first-order chi connectivity index (χ1) is 16.2. The van der Waals surface area contributed by atoms with Crippen LogP contribution in [0.25, 0.3) is 0 Å². The lowest BCUT2D eigenvalue weighted by Gasteiger charge is -2.34. The molecule has 34 heavy (non-hydrogen) atoms. The molecule has 2 atom stereocenters. The lowest BCUT2D eigenvalue weighted by atomic mass is 9.82. The Balaban J connectivity index is 2.01. The van der Waals surface area contributed by atoms with Crippen molar-refractivity contribution in [3.05, 3.63) is 58.7 Å². The molecular formula is C29H43N2O2P. The van der Waals surface area contributed by atoms with E-state index in [-0.39, 0.29) is 17.4 Å². The van der Waals surface area contributed by atoms with E-state index in [1.54, 1.807) is 7.11 Å². The smallest absolute Gasteiger partial charge is 0.188 e. The number of aryl methyl sites for hydroxylation is 1. The van der Waals surface area contributed by atoms with Gasteiger partial charge in [0.1, 0.15) is 5.75 Å². The minimum atomic E-state index is -0.0653. The van der Waals surface area contributed by atoms with Gasteiger partial charge in [0.15, 0.2) is 6.79 Å². The zero-order chi connectivity index (χ0) is 24.8. The van der Waals surface area contributed by atoms with Gasteiger partial charge in [-0.3, -0.25) is 5.01 Å². The second-order valence-electron chi connectivity index (χ2n) is 10.6. The summed E-state index contributed by atoms with van der Waals surface area (Å²) in [6, 6.07) is 13.4. The van der Waals surface area contributed by atoms with E-state index in [1.165, 1.54) is 46.8 Å². The van der Waals surface area contributed by atoms with Crippen LogP contribution in [-0.2, 0) is 15.3 Å². The van der Waals surface area contributed by atoms with Gasteiger partial charge in [-0.25, -0.2) is 0 Å². The maximum Gasteiger partial charge on any atom is 0.188 e. The van der Waals surface area contributed by atoms with Crippen LogP contribution in [0.4, 0.5) is 0 Å². The lowest BCUT2D eigenvalue weighted by Crippen LogP contribution is -2.25. The second kappa shape index (κ2) is 11.7. The third kappa shape index (κ3) is 6.61. The molecule has 5 heteroatoms. The van der Waals surface area contributed by atoms with E-state index >= 15 is 0 Å². The van der Waals surface area contributed by atoms with Crippen LogP contribution in [-0.4, -0.2) is 38.2 Å². The number of hydrazone groups is 1. The van der Waals surface area contributed by atoms with Crippen LogP contribution in [0.1, 0.15) is 82.6 Å². The molecule has 1 aliphatic rings. The number of hydrogen-bond acceptors (Lipinski definition) is 4. The van der Waals surface area contributed by atoms with Gasteiger partial charge in [-0.1, -0.05) is 79.6 Å². The molecular weight excluding hydrogens is 439 g/mol. The molecule has 1 fully saturated rings. The minimum Gasteiger partial charge on any atom is -0.467 e. The predicted molar refractivity (Wildman–Crippen MR) is 147 cm³/mol. The molecule has 0 aliphatic carbocycles. The van der Waals surface area contributed by atoms with Crippen LogP contribution >= 0.6 is 8.58 Å². The van der Waals surface area contributed by atoms with Gasteiger partial charge in [-0.15, -0.1) is 0 Å². The van der Waals surface area contributed by atoms with Crippen molar-refractivity contribution in [3.63, 3.8) is 0 Å². The van der Waals surface area contributed by atoms with Gasteiger partial charge in [0, 0.05) is 36.5 Å². The Bertz CT molecular complexity index is 977. The quantitative estimate of drug-likeness (QED) is 0.226. The molecule has 2 unspecified atom stereocenters. The number of hydrogen-bond donors (Lipinski definition) is 0. The van der Waals surface area contributed by atoms with Gasteiger partial charge in [0.2, 0.25) is 0 Å². The SMILES string of the molecule is CCC(C)(Pc1ccccc1/C=N/N1CCCCC1)c1cc(C(C)(C)C)cc(C)c1OCOC. The van der Waals surface area contributed by atoms with Gasteiger partial charge >= 0.3 is 0 Å². The van der Waals surface area contributed by atoms with E-state index in [1.807, 2.05) is 0 Å². The van der Waals surface area contributed by atoms with Crippen molar-refractivity contribution in [2.75, 3.05) is 27.0 Å². The van der Waals surface area contributed by atoms with Crippen molar-refractivity contribution in [1.82, 2.24) is 5.01 Å². The summed E-state index contributed by atoms with van der Waals surface area (Å²) in [5, 5.41) is 8.34. The normalized spacial score (nSPS) is 17.0. The number of methoxy groups -OCH3 is 1. The summed E-state index contributed by atoms with van der Waals surface area (Å²) in [5.74, 6) is 0.964. The molecule has 0 amide bonds. The average Bonchev–Trinajstić information content (AvgIpc) is 2.82. The third-order valence-corrected chi connectivity index (χ3v) is 8.73. The minimum absolute atomic E-state index is 0.0653. The van der Waals surface area contributed by atoms with Gasteiger partial charge in [-0.05, 0) is 54.5 Å². The number of benzene rings is 2. The maximum atomic E-state index is 6.18. The van der Waals surface area contributed by atoms with Crippen molar-refractivity contribution in [3.8, 4) is 5.75 Å². The summed E-state index contributed by atoms with van der Waals surface area (Å²) in [6.07, 6.45) is 6.88. The maximum absolute atomic E-state index is 6.18. The summed E-state index contributed by atoms with van der Waals surface area (Å²) in [7, 11) is 2.27. The number of nitrogens with zero attached hydrogens (tertiary/aromatic N) is 2. The summed E-state index contributed by atoms with van der Waals surface area (Å²) in [5.41, 5.74) is 5.07. The Morgan fingerprint density at radius 3 is 2.41 bits per heavy atom. The van der Waals surface area contributed by atoms with Crippen LogP contribution in [0.5, 0.6) is 5.75 Å². The van der Waals surface area contributed by atoms with Crippen LogP contribution in [0, 0.1) is 6.92 Å². The molecule has 1 heterocycles. The topological polar surface area (TPSA) is 34.1 Å². The lowest BCUT2D eigenvalue weighted by molar-refractivity contribution is 0.0495. The Kier molecular flexibility index (Phi) is 9.18. The highest BCUT2D eigenvalue weighted by molar-refractivity contribution is 7.48. The standard InChI is InChI=1S/C29H43N2O2P/c1-8-29(6,25-19-24(28(3,4)5)18-22(2)27(25)33-21-32-7)34-26-15-11-10-14-23(26)20-30-31-16-12-9-13-17-31/h10-11,14-15,18-20,34H,8-9,12-13,16-17,21H2,1-7H3/b30-20+. The van der Waals surface area contributed by atoms with Crippen LogP contribution < -0.4 is 10.0 Å². The van der Waals surface area contributed by atoms with Crippen LogP contribution in [0.3, 0.4) is 0 Å². The van der Waals surface area contributed by atoms with Crippen molar-refractivity contribution in [1.29, 1.82) is 0 Å². The van der Waals surface area contributed by atoms with Crippen LogP contribution in [0.2, 0.25) is 0 Å². The molecule has 186 valence electrons. The first-order valence-corrected chi connectivity index (χ1v) is 13.6. The highest BCUT2D eigenvalue weighted by Gasteiger charge is 2.32. The molecule has 0 N–H and O–H groups in total. The number of rotatable bonds is 9. The monoisotopic (exact) mass is 482 g/mol. The zero-order valence-electron chi connectivity index (χ0n) is 22.2. The summed E-state index contributed by atoms with van der Waals surface area (Å²) in [6.45, 7) is 16.0. The molecule has 2 aromatic carbocycles. The Labute approximate surface area is 208 Å². The third-order valence-electron chi connectivity index (χ3n) is 6.83. The zero-order valence-corrected chi connectivity index (χ0v) is 23.2. The van der Waals surface area contributed by atoms with Crippen molar-refractivity contribution >= 4 is 20.1 Å². The molecule has 0 radical (unpaired) electrons. The summed E-state index contributed by atoms with van der Waals surface area (Å²) < 4.78 is 11.5. The van der Waals surface area contributed by atoms with E-state index in [0.29, 0.717) is 8.58 Å². The molecule has 3 rings (SSSR count). The Hall–Kier alpha value is -1.90. The molecule has 4 nitrogen and oxygen atoms in total. The highest BCUT2D eigenvalue weighted by atomic mass is 31.1.